The van der Waals surface area contributed by atoms with Crippen LogP contribution in [0.4, 0.5) is 0 Å². The molecule has 2 heterocycles. The van der Waals surface area contributed by atoms with Gasteiger partial charge in [-0.1, -0.05) is 30.3 Å². The fourth-order valence-electron chi connectivity index (χ4n) is 4.61. The van der Waals surface area contributed by atoms with Crippen molar-refractivity contribution in [3.8, 4) is 11.1 Å². The molecule has 4 aromatic rings. The lowest BCUT2D eigenvalue weighted by Crippen LogP contribution is -2.37. The molecule has 5 rings (SSSR count). The number of hydrogen-bond donors (Lipinski definition) is 2. The topological polar surface area (TPSA) is 92.7 Å². The van der Waals surface area contributed by atoms with Crippen LogP contribution < -0.4 is 10.9 Å². The fraction of sp³-hybridized carbons (Fsp3) is 0.280. The summed E-state index contributed by atoms with van der Waals surface area (Å²) in [5.41, 5.74) is 3.53. The Labute approximate surface area is 185 Å². The second kappa shape index (κ2) is 8.42. The Balaban J connectivity index is 1.22. The molecule has 7 heteroatoms. The van der Waals surface area contributed by atoms with Crippen LogP contribution in [0.5, 0.6) is 0 Å². The van der Waals surface area contributed by atoms with Gasteiger partial charge in [0, 0.05) is 41.7 Å². The van der Waals surface area contributed by atoms with Gasteiger partial charge in [0.15, 0.2) is 0 Å². The lowest BCUT2D eigenvalue weighted by atomic mass is 9.82. The number of nitrogens with one attached hydrogen (secondary N) is 2. The molecular weight excluding hydrogens is 402 g/mol. The first-order valence-electron chi connectivity index (χ1n) is 11.0. The van der Waals surface area contributed by atoms with E-state index in [1.54, 1.807) is 4.68 Å². The van der Waals surface area contributed by atoms with Crippen LogP contribution in [-0.4, -0.2) is 31.9 Å². The zero-order valence-corrected chi connectivity index (χ0v) is 17.9. The average molecular weight is 428 g/mol. The van der Waals surface area contributed by atoms with Crippen molar-refractivity contribution in [1.82, 2.24) is 25.3 Å². The molecule has 2 N–H and O–H groups in total. The van der Waals surface area contributed by atoms with E-state index >= 15 is 0 Å². The summed E-state index contributed by atoms with van der Waals surface area (Å²) in [6, 6.07) is 15.4. The van der Waals surface area contributed by atoms with Gasteiger partial charge in [0.05, 0.1) is 17.3 Å². The van der Waals surface area contributed by atoms with Crippen LogP contribution in [0.15, 0.2) is 65.7 Å². The van der Waals surface area contributed by atoms with Gasteiger partial charge in [-0.3, -0.25) is 14.3 Å². The normalized spacial score (nSPS) is 18.5. The molecule has 2 aromatic carbocycles. The van der Waals surface area contributed by atoms with Gasteiger partial charge in [0.2, 0.25) is 0 Å². The van der Waals surface area contributed by atoms with E-state index in [0.29, 0.717) is 10.9 Å². The molecule has 0 radical (unpaired) electrons. The third kappa shape index (κ3) is 3.93. The molecule has 0 saturated heterocycles. The zero-order chi connectivity index (χ0) is 22.1. The van der Waals surface area contributed by atoms with Crippen molar-refractivity contribution >= 4 is 16.7 Å². The number of carbonyl (C=O) groups is 1. The maximum absolute atomic E-state index is 12.7. The number of benzene rings is 2. The summed E-state index contributed by atoms with van der Waals surface area (Å²) < 4.78 is 1.76. The van der Waals surface area contributed by atoms with Crippen LogP contribution in [0, 0.1) is 0 Å². The minimum absolute atomic E-state index is 0.0428. The van der Waals surface area contributed by atoms with Gasteiger partial charge in [0.1, 0.15) is 0 Å². The van der Waals surface area contributed by atoms with Gasteiger partial charge in [-0.05, 0) is 49.4 Å². The first kappa shape index (κ1) is 20.2. The number of amides is 1. The number of H-pyrrole nitrogens is 1. The maximum Gasteiger partial charge on any atom is 0.272 e. The summed E-state index contributed by atoms with van der Waals surface area (Å²) in [5, 5.41) is 16.0. The highest BCUT2D eigenvalue weighted by atomic mass is 16.1. The van der Waals surface area contributed by atoms with Gasteiger partial charge >= 0.3 is 0 Å². The van der Waals surface area contributed by atoms with Gasteiger partial charge in [-0.2, -0.15) is 10.2 Å². The van der Waals surface area contributed by atoms with E-state index in [-0.39, 0.29) is 23.4 Å². The van der Waals surface area contributed by atoms with Crippen molar-refractivity contribution in [2.45, 2.75) is 37.6 Å². The predicted molar refractivity (Wildman–Crippen MR) is 123 cm³/mol. The van der Waals surface area contributed by atoms with Crippen molar-refractivity contribution in [2.24, 2.45) is 7.05 Å². The number of aryl methyl sites for hydroxylation is 1. The molecule has 2 aromatic heterocycles. The van der Waals surface area contributed by atoms with Crippen LogP contribution in [0.25, 0.3) is 21.9 Å². The molecular formula is C25H25N5O2. The molecule has 162 valence electrons. The standard InChI is InChI=1S/C25H25N5O2/c1-30-15-19(14-26-30)16-6-8-18(9-7-16)24(31)27-20-12-10-17(11-13-20)23-21-4-2-3-5-22(21)25(32)29-28-23/h2-9,14-15,17,20H,10-13H2,1H3,(H,27,31)(H,29,32)/t17-,20-. The highest BCUT2D eigenvalue weighted by Crippen LogP contribution is 2.34. The zero-order valence-electron chi connectivity index (χ0n) is 17.9. The summed E-state index contributed by atoms with van der Waals surface area (Å²) in [6.45, 7) is 0. The smallest absolute Gasteiger partial charge is 0.272 e. The van der Waals surface area contributed by atoms with Crippen LogP contribution >= 0.6 is 0 Å². The molecule has 1 saturated carbocycles. The number of hydrogen-bond acceptors (Lipinski definition) is 4. The minimum atomic E-state index is -0.153. The van der Waals surface area contributed by atoms with E-state index in [2.05, 4.69) is 20.6 Å². The van der Waals surface area contributed by atoms with Crippen LogP contribution in [0.3, 0.4) is 0 Å². The molecule has 0 aliphatic heterocycles. The van der Waals surface area contributed by atoms with E-state index < -0.39 is 0 Å². The largest absolute Gasteiger partial charge is 0.349 e. The second-order valence-electron chi connectivity index (χ2n) is 8.49. The number of nitrogens with zero attached hydrogens (tertiary/aromatic N) is 3. The van der Waals surface area contributed by atoms with Crippen LogP contribution in [0.2, 0.25) is 0 Å². The second-order valence-corrected chi connectivity index (χ2v) is 8.49. The Hall–Kier alpha value is -3.74. The van der Waals surface area contributed by atoms with Crippen molar-refractivity contribution in [3.05, 3.63) is 82.5 Å². The molecule has 1 fully saturated rings. The van der Waals surface area contributed by atoms with Crippen LogP contribution in [-0.2, 0) is 7.05 Å². The van der Waals surface area contributed by atoms with Crippen molar-refractivity contribution in [3.63, 3.8) is 0 Å². The highest BCUT2D eigenvalue weighted by Gasteiger charge is 2.26. The number of carbonyl (C=O) groups excluding carboxylic acids is 1. The fourth-order valence-corrected chi connectivity index (χ4v) is 4.61. The minimum Gasteiger partial charge on any atom is -0.349 e. The first-order valence-corrected chi connectivity index (χ1v) is 11.0. The van der Waals surface area contributed by atoms with Gasteiger partial charge in [-0.25, -0.2) is 5.10 Å². The van der Waals surface area contributed by atoms with Gasteiger partial charge < -0.3 is 5.32 Å². The molecule has 0 atom stereocenters. The number of rotatable bonds is 4. The molecule has 0 spiro atoms. The van der Waals surface area contributed by atoms with Crippen molar-refractivity contribution in [2.75, 3.05) is 0 Å². The molecule has 0 bridgehead atoms. The summed E-state index contributed by atoms with van der Waals surface area (Å²) in [5.74, 6) is 0.238. The highest BCUT2D eigenvalue weighted by molar-refractivity contribution is 5.94. The van der Waals surface area contributed by atoms with E-state index in [4.69, 9.17) is 0 Å². The van der Waals surface area contributed by atoms with E-state index in [1.165, 1.54) is 0 Å². The lowest BCUT2D eigenvalue weighted by molar-refractivity contribution is 0.0925. The molecule has 32 heavy (non-hydrogen) atoms. The lowest BCUT2D eigenvalue weighted by Gasteiger charge is -2.29. The van der Waals surface area contributed by atoms with Crippen molar-refractivity contribution < 1.29 is 4.79 Å². The van der Waals surface area contributed by atoms with E-state index in [9.17, 15) is 9.59 Å². The number of aromatic nitrogens is 4. The maximum atomic E-state index is 12.7. The third-order valence-corrected chi connectivity index (χ3v) is 6.36. The average Bonchev–Trinajstić information content (AvgIpc) is 3.26. The number of fused-ring (bicyclic) bond motifs is 1. The van der Waals surface area contributed by atoms with E-state index in [1.807, 2.05) is 68.0 Å². The number of aromatic amines is 1. The Kier molecular flexibility index (Phi) is 5.31. The predicted octanol–water partition coefficient (Wildman–Crippen LogP) is 3.78. The Morgan fingerprint density at radius 2 is 1.72 bits per heavy atom. The molecule has 1 amide bonds. The van der Waals surface area contributed by atoms with Crippen molar-refractivity contribution in [1.29, 1.82) is 0 Å². The summed E-state index contributed by atoms with van der Waals surface area (Å²) in [6.07, 6.45) is 7.39. The Morgan fingerprint density at radius 1 is 1.00 bits per heavy atom. The third-order valence-electron chi connectivity index (χ3n) is 6.36. The Bertz CT molecular complexity index is 1310. The molecule has 1 aliphatic rings. The van der Waals surface area contributed by atoms with E-state index in [0.717, 1.165) is 47.9 Å². The Morgan fingerprint density at radius 3 is 2.41 bits per heavy atom. The van der Waals surface area contributed by atoms with Gasteiger partial charge in [-0.15, -0.1) is 0 Å². The van der Waals surface area contributed by atoms with Crippen LogP contribution in [0.1, 0.15) is 47.7 Å². The summed E-state index contributed by atoms with van der Waals surface area (Å²) >= 11 is 0. The molecule has 1 aliphatic carbocycles. The monoisotopic (exact) mass is 427 g/mol. The molecule has 7 nitrogen and oxygen atoms in total. The summed E-state index contributed by atoms with van der Waals surface area (Å²) in [4.78, 5) is 24.8. The quantitative estimate of drug-likeness (QED) is 0.518. The SMILES string of the molecule is Cn1cc(-c2ccc(C(=O)N[C@H]3CC[C@H](c4n[nH]c(=O)c5ccccc54)CC3)cc2)cn1. The van der Waals surface area contributed by atoms with Gasteiger partial charge in [0.25, 0.3) is 11.5 Å². The first-order chi connectivity index (χ1) is 15.6. The molecule has 0 unspecified atom stereocenters. The summed E-state index contributed by atoms with van der Waals surface area (Å²) in [7, 11) is 1.88.